The van der Waals surface area contributed by atoms with E-state index in [2.05, 4.69) is 10.6 Å². The van der Waals surface area contributed by atoms with Gasteiger partial charge in [-0.15, -0.1) is 11.3 Å². The quantitative estimate of drug-likeness (QED) is 0.775. The smallest absolute Gasteiger partial charge is 0.325 e. The fourth-order valence-corrected chi connectivity index (χ4v) is 2.72. The summed E-state index contributed by atoms with van der Waals surface area (Å²) in [5.74, 6) is -0.294. The standard InChI is InChI=1S/C15H17N3O2S/c1-18(10-13-8-5-9-21-13)11-14(19)17-15(20)16-12-6-3-2-4-7-12/h2-9H,10-11H2,1H3,(H2,16,17,19,20)/p+1. The van der Waals surface area contributed by atoms with Gasteiger partial charge < -0.3 is 10.2 Å². The van der Waals surface area contributed by atoms with Gasteiger partial charge in [0, 0.05) is 5.69 Å². The highest BCUT2D eigenvalue weighted by atomic mass is 32.1. The van der Waals surface area contributed by atoms with Crippen molar-refractivity contribution in [1.29, 1.82) is 0 Å². The lowest BCUT2D eigenvalue weighted by Crippen LogP contribution is -3.08. The Morgan fingerprint density at radius 1 is 1.14 bits per heavy atom. The first-order chi connectivity index (χ1) is 10.1. The number of hydrogen-bond acceptors (Lipinski definition) is 3. The van der Waals surface area contributed by atoms with Gasteiger partial charge in [-0.1, -0.05) is 24.3 Å². The van der Waals surface area contributed by atoms with Gasteiger partial charge in [0.2, 0.25) is 0 Å². The van der Waals surface area contributed by atoms with Crippen molar-refractivity contribution in [2.24, 2.45) is 0 Å². The molecule has 1 heterocycles. The van der Waals surface area contributed by atoms with Crippen LogP contribution in [-0.2, 0) is 11.3 Å². The lowest BCUT2D eigenvalue weighted by atomic mass is 10.3. The molecule has 0 aliphatic carbocycles. The van der Waals surface area contributed by atoms with E-state index >= 15 is 0 Å². The number of urea groups is 1. The Labute approximate surface area is 127 Å². The molecular weight excluding hydrogens is 286 g/mol. The number of thiophene rings is 1. The van der Waals surface area contributed by atoms with Crippen LogP contribution >= 0.6 is 11.3 Å². The Kier molecular flexibility index (Phi) is 5.48. The molecule has 0 fully saturated rings. The maximum absolute atomic E-state index is 11.8. The summed E-state index contributed by atoms with van der Waals surface area (Å²) in [6, 6.07) is 12.5. The summed E-state index contributed by atoms with van der Waals surface area (Å²) in [5, 5.41) is 6.96. The van der Waals surface area contributed by atoms with Crippen molar-refractivity contribution >= 4 is 29.0 Å². The molecule has 0 radical (unpaired) electrons. The molecule has 0 bridgehead atoms. The maximum Gasteiger partial charge on any atom is 0.326 e. The van der Waals surface area contributed by atoms with Gasteiger partial charge >= 0.3 is 6.03 Å². The van der Waals surface area contributed by atoms with Crippen LogP contribution in [0.3, 0.4) is 0 Å². The number of nitrogens with one attached hydrogen (secondary N) is 3. The first-order valence-electron chi connectivity index (χ1n) is 6.63. The largest absolute Gasteiger partial charge is 0.326 e. The van der Waals surface area contributed by atoms with E-state index < -0.39 is 6.03 Å². The molecule has 3 amide bonds. The molecule has 2 aromatic rings. The topological polar surface area (TPSA) is 62.6 Å². The van der Waals surface area contributed by atoms with Gasteiger partial charge in [0.25, 0.3) is 5.91 Å². The average Bonchev–Trinajstić information content (AvgIpc) is 2.91. The van der Waals surface area contributed by atoms with E-state index in [9.17, 15) is 9.59 Å². The van der Waals surface area contributed by atoms with Crippen LogP contribution in [0.2, 0.25) is 0 Å². The summed E-state index contributed by atoms with van der Waals surface area (Å²) in [6.45, 7) is 1.02. The van der Waals surface area contributed by atoms with Gasteiger partial charge in [-0.3, -0.25) is 10.1 Å². The first-order valence-corrected chi connectivity index (χ1v) is 7.51. The summed E-state index contributed by atoms with van der Waals surface area (Å²) in [4.78, 5) is 25.7. The predicted octanol–water partition coefficient (Wildman–Crippen LogP) is 1.11. The Bertz CT molecular complexity index is 584. The average molecular weight is 304 g/mol. The van der Waals surface area contributed by atoms with Gasteiger partial charge in [-0.25, -0.2) is 4.79 Å². The summed E-state index contributed by atoms with van der Waals surface area (Å²) >= 11 is 1.66. The molecule has 1 atom stereocenters. The van der Waals surface area contributed by atoms with E-state index in [0.717, 1.165) is 11.4 Å². The van der Waals surface area contributed by atoms with Gasteiger partial charge in [0.05, 0.1) is 11.9 Å². The molecule has 21 heavy (non-hydrogen) atoms. The van der Waals surface area contributed by atoms with Crippen molar-refractivity contribution in [2.75, 3.05) is 18.9 Å². The van der Waals surface area contributed by atoms with E-state index in [-0.39, 0.29) is 12.5 Å². The number of anilines is 1. The second kappa shape index (κ2) is 7.56. The number of para-hydroxylation sites is 1. The van der Waals surface area contributed by atoms with Crippen LogP contribution in [0.4, 0.5) is 10.5 Å². The molecule has 0 aliphatic rings. The molecule has 1 aromatic carbocycles. The zero-order valence-corrected chi connectivity index (χ0v) is 12.6. The van der Waals surface area contributed by atoms with Crippen LogP contribution in [0, 0.1) is 0 Å². The number of likely N-dealkylation sites (N-methyl/N-ethyl adjacent to an activating group) is 1. The third-order valence-corrected chi connectivity index (χ3v) is 3.68. The van der Waals surface area contributed by atoms with E-state index in [1.807, 2.05) is 42.8 Å². The van der Waals surface area contributed by atoms with Crippen LogP contribution < -0.4 is 15.5 Å². The van der Waals surface area contributed by atoms with Crippen molar-refractivity contribution in [3.63, 3.8) is 0 Å². The second-order valence-electron chi connectivity index (χ2n) is 4.76. The molecular formula is C15H18N3O2S+. The number of rotatable bonds is 5. The molecule has 6 heteroatoms. The van der Waals surface area contributed by atoms with Crippen molar-refractivity contribution < 1.29 is 14.5 Å². The fraction of sp³-hybridized carbons (Fsp3) is 0.200. The molecule has 0 spiro atoms. The van der Waals surface area contributed by atoms with Crippen LogP contribution in [0.25, 0.3) is 0 Å². The summed E-state index contributed by atoms with van der Waals surface area (Å²) < 4.78 is 0. The lowest BCUT2D eigenvalue weighted by Gasteiger charge is -2.12. The van der Waals surface area contributed by atoms with Crippen molar-refractivity contribution in [3.05, 3.63) is 52.7 Å². The molecule has 0 aliphatic heterocycles. The predicted molar refractivity (Wildman–Crippen MR) is 83.4 cm³/mol. The van der Waals surface area contributed by atoms with Gasteiger partial charge in [-0.05, 0) is 23.6 Å². The van der Waals surface area contributed by atoms with Crippen LogP contribution in [-0.4, -0.2) is 25.5 Å². The lowest BCUT2D eigenvalue weighted by molar-refractivity contribution is -0.885. The number of carbonyl (C=O) groups is 2. The Hall–Kier alpha value is -2.18. The SMILES string of the molecule is C[NH+](CC(=O)NC(=O)Nc1ccccc1)Cc1cccs1. The molecule has 1 aromatic heterocycles. The third-order valence-electron chi connectivity index (χ3n) is 2.80. The summed E-state index contributed by atoms with van der Waals surface area (Å²) in [5.41, 5.74) is 0.655. The van der Waals surface area contributed by atoms with Crippen molar-refractivity contribution in [3.8, 4) is 0 Å². The minimum absolute atomic E-state index is 0.250. The van der Waals surface area contributed by atoms with E-state index in [0.29, 0.717) is 5.69 Å². The number of amides is 3. The number of imide groups is 1. The van der Waals surface area contributed by atoms with Gasteiger partial charge in [-0.2, -0.15) is 0 Å². The monoisotopic (exact) mass is 304 g/mol. The van der Waals surface area contributed by atoms with Crippen LogP contribution in [0.15, 0.2) is 47.8 Å². The highest BCUT2D eigenvalue weighted by molar-refractivity contribution is 7.09. The number of benzene rings is 1. The Balaban J connectivity index is 1.74. The minimum Gasteiger partial charge on any atom is -0.325 e. The van der Waals surface area contributed by atoms with E-state index in [1.165, 1.54) is 4.88 Å². The fourth-order valence-electron chi connectivity index (χ4n) is 1.90. The van der Waals surface area contributed by atoms with Crippen LogP contribution in [0.5, 0.6) is 0 Å². The second-order valence-corrected chi connectivity index (χ2v) is 5.79. The first kappa shape index (κ1) is 15.2. The molecule has 3 N–H and O–H groups in total. The Morgan fingerprint density at radius 3 is 2.57 bits per heavy atom. The third kappa shape index (κ3) is 5.37. The molecule has 110 valence electrons. The van der Waals surface area contributed by atoms with Crippen molar-refractivity contribution in [1.82, 2.24) is 5.32 Å². The molecule has 5 nitrogen and oxygen atoms in total. The van der Waals surface area contributed by atoms with E-state index in [4.69, 9.17) is 0 Å². The zero-order chi connectivity index (χ0) is 15.1. The van der Waals surface area contributed by atoms with Crippen LogP contribution in [0.1, 0.15) is 4.88 Å². The van der Waals surface area contributed by atoms with Crippen molar-refractivity contribution in [2.45, 2.75) is 6.54 Å². The molecule has 1 unspecified atom stereocenters. The highest BCUT2D eigenvalue weighted by Gasteiger charge is 2.13. The number of carbonyl (C=O) groups excluding carboxylic acids is 2. The van der Waals surface area contributed by atoms with E-state index in [1.54, 1.807) is 23.5 Å². The maximum atomic E-state index is 11.8. The minimum atomic E-state index is -0.505. The number of quaternary nitrogens is 1. The summed E-state index contributed by atoms with van der Waals surface area (Å²) in [6.07, 6.45) is 0. The normalized spacial score (nSPS) is 11.7. The number of hydrogen-bond donors (Lipinski definition) is 3. The molecule has 2 rings (SSSR count). The van der Waals surface area contributed by atoms with Gasteiger partial charge in [0.15, 0.2) is 6.54 Å². The molecule has 0 saturated carbocycles. The Morgan fingerprint density at radius 2 is 1.90 bits per heavy atom. The zero-order valence-electron chi connectivity index (χ0n) is 11.8. The highest BCUT2D eigenvalue weighted by Crippen LogP contribution is 2.05. The summed E-state index contributed by atoms with van der Waals surface area (Å²) in [7, 11) is 1.93. The molecule has 0 saturated heterocycles. The van der Waals surface area contributed by atoms with Gasteiger partial charge in [0.1, 0.15) is 6.54 Å².